The maximum Gasteiger partial charge on any atom is 0.149 e. The van der Waals surface area contributed by atoms with E-state index in [1.807, 2.05) is 19.2 Å². The van der Waals surface area contributed by atoms with Gasteiger partial charge in [0, 0.05) is 12.2 Å². The van der Waals surface area contributed by atoms with Crippen LogP contribution in [-0.2, 0) is 0 Å². The molecular formula is C11H17N3. The first-order valence-corrected chi connectivity index (χ1v) is 4.98. The van der Waals surface area contributed by atoms with E-state index in [4.69, 9.17) is 5.73 Å². The zero-order valence-electron chi connectivity index (χ0n) is 8.96. The van der Waals surface area contributed by atoms with E-state index < -0.39 is 0 Å². The van der Waals surface area contributed by atoms with Crippen LogP contribution in [0.4, 0.5) is 11.5 Å². The van der Waals surface area contributed by atoms with Crippen LogP contribution in [0, 0.1) is 12.3 Å². The van der Waals surface area contributed by atoms with Gasteiger partial charge >= 0.3 is 0 Å². The molecule has 0 radical (unpaired) electrons. The third-order valence-electron chi connectivity index (χ3n) is 2.88. The Bertz CT molecular complexity index is 358. The van der Waals surface area contributed by atoms with Crippen molar-refractivity contribution in [1.82, 2.24) is 4.98 Å². The summed E-state index contributed by atoms with van der Waals surface area (Å²) in [6.45, 7) is 6.48. The Hall–Kier alpha value is -1.25. The number of aromatic nitrogens is 1. The maximum atomic E-state index is 5.86. The monoisotopic (exact) mass is 191 g/mol. The Morgan fingerprint density at radius 2 is 2.21 bits per heavy atom. The van der Waals surface area contributed by atoms with E-state index in [1.165, 1.54) is 6.42 Å². The van der Waals surface area contributed by atoms with E-state index in [-0.39, 0.29) is 0 Å². The second-order valence-electron chi connectivity index (χ2n) is 4.84. The third kappa shape index (κ3) is 1.67. The molecular weight excluding hydrogens is 174 g/mol. The minimum Gasteiger partial charge on any atom is -0.396 e. The summed E-state index contributed by atoms with van der Waals surface area (Å²) in [6.07, 6.45) is 3.04. The molecule has 0 amide bonds. The van der Waals surface area contributed by atoms with Crippen LogP contribution in [0.15, 0.2) is 12.3 Å². The Morgan fingerprint density at radius 1 is 1.57 bits per heavy atom. The molecule has 14 heavy (non-hydrogen) atoms. The number of pyridine rings is 1. The van der Waals surface area contributed by atoms with Gasteiger partial charge in [-0.2, -0.15) is 0 Å². The van der Waals surface area contributed by atoms with Crippen molar-refractivity contribution in [3.05, 3.63) is 17.8 Å². The van der Waals surface area contributed by atoms with E-state index >= 15 is 0 Å². The molecule has 0 bridgehead atoms. The minimum atomic E-state index is 0.402. The molecule has 1 atom stereocenters. The number of nitrogen functional groups attached to an aromatic ring is 1. The maximum absolute atomic E-state index is 5.86. The van der Waals surface area contributed by atoms with Crippen molar-refractivity contribution in [1.29, 1.82) is 0 Å². The van der Waals surface area contributed by atoms with Gasteiger partial charge in [0.25, 0.3) is 0 Å². The first kappa shape index (κ1) is 9.31. The fourth-order valence-electron chi connectivity index (χ4n) is 1.59. The van der Waals surface area contributed by atoms with E-state index in [0.29, 0.717) is 11.5 Å². The van der Waals surface area contributed by atoms with E-state index in [2.05, 4.69) is 24.1 Å². The molecule has 0 aliphatic heterocycles. The van der Waals surface area contributed by atoms with Crippen molar-refractivity contribution in [2.24, 2.45) is 5.41 Å². The highest BCUT2D eigenvalue weighted by Crippen LogP contribution is 2.46. The second kappa shape index (κ2) is 2.87. The smallest absolute Gasteiger partial charge is 0.149 e. The zero-order chi connectivity index (χ0) is 10.3. The molecule has 3 nitrogen and oxygen atoms in total. The summed E-state index contributed by atoms with van der Waals surface area (Å²) in [4.78, 5) is 4.29. The molecule has 1 fully saturated rings. The van der Waals surface area contributed by atoms with Crippen LogP contribution in [0.5, 0.6) is 0 Å². The predicted molar refractivity (Wildman–Crippen MR) is 59.2 cm³/mol. The number of aryl methyl sites for hydroxylation is 1. The largest absolute Gasteiger partial charge is 0.396 e. The van der Waals surface area contributed by atoms with Gasteiger partial charge in [0.2, 0.25) is 0 Å². The highest BCUT2D eigenvalue weighted by Gasteiger charge is 2.45. The van der Waals surface area contributed by atoms with E-state index in [9.17, 15) is 0 Å². The predicted octanol–water partition coefficient (Wildman–Crippen LogP) is 2.18. The molecule has 1 heterocycles. The summed E-state index contributed by atoms with van der Waals surface area (Å²) in [5, 5.41) is 3.37. The summed E-state index contributed by atoms with van der Waals surface area (Å²) in [5.41, 5.74) is 8.11. The number of nitrogens with one attached hydrogen (secondary N) is 1. The van der Waals surface area contributed by atoms with Gasteiger partial charge in [0.15, 0.2) is 0 Å². The van der Waals surface area contributed by atoms with Crippen LogP contribution in [0.2, 0.25) is 0 Å². The van der Waals surface area contributed by atoms with Crippen molar-refractivity contribution in [3.8, 4) is 0 Å². The summed E-state index contributed by atoms with van der Waals surface area (Å²) in [6, 6.07) is 2.48. The Balaban J connectivity index is 2.11. The molecule has 0 spiro atoms. The fraction of sp³-hybridized carbons (Fsp3) is 0.545. The molecule has 1 aliphatic rings. The Kier molecular flexibility index (Phi) is 1.91. The molecule has 0 saturated heterocycles. The van der Waals surface area contributed by atoms with Crippen molar-refractivity contribution in [2.45, 2.75) is 33.2 Å². The quantitative estimate of drug-likeness (QED) is 0.753. The van der Waals surface area contributed by atoms with Crippen LogP contribution in [0.1, 0.15) is 25.8 Å². The van der Waals surface area contributed by atoms with E-state index in [1.54, 1.807) is 0 Å². The second-order valence-corrected chi connectivity index (χ2v) is 4.84. The summed E-state index contributed by atoms with van der Waals surface area (Å²) >= 11 is 0. The summed E-state index contributed by atoms with van der Waals surface area (Å²) in [7, 11) is 0. The van der Waals surface area contributed by atoms with Crippen molar-refractivity contribution in [3.63, 3.8) is 0 Å². The minimum absolute atomic E-state index is 0.402. The van der Waals surface area contributed by atoms with E-state index in [0.717, 1.165) is 17.1 Å². The molecule has 1 saturated carbocycles. The zero-order valence-corrected chi connectivity index (χ0v) is 8.96. The lowest BCUT2D eigenvalue weighted by atomic mass is 10.2. The molecule has 0 aromatic carbocycles. The lowest BCUT2D eigenvalue weighted by Crippen LogP contribution is -2.11. The Labute approximate surface area is 84.7 Å². The summed E-state index contributed by atoms with van der Waals surface area (Å²) < 4.78 is 0. The first-order valence-electron chi connectivity index (χ1n) is 4.98. The van der Waals surface area contributed by atoms with Gasteiger partial charge in [-0.05, 0) is 30.4 Å². The number of nitrogens with zero attached hydrogens (tertiary/aromatic N) is 1. The molecule has 1 aromatic rings. The molecule has 1 aromatic heterocycles. The van der Waals surface area contributed by atoms with Crippen molar-refractivity contribution >= 4 is 11.5 Å². The topological polar surface area (TPSA) is 50.9 Å². The average Bonchev–Trinajstić information content (AvgIpc) is 2.65. The van der Waals surface area contributed by atoms with Gasteiger partial charge in [-0.3, -0.25) is 0 Å². The SMILES string of the molecule is Cc1cnc(NC2CC2(C)C)c(N)c1. The fourth-order valence-corrected chi connectivity index (χ4v) is 1.59. The first-order chi connectivity index (χ1) is 6.49. The summed E-state index contributed by atoms with van der Waals surface area (Å²) in [5.74, 6) is 0.825. The van der Waals surface area contributed by atoms with Gasteiger partial charge in [-0.25, -0.2) is 4.98 Å². The average molecular weight is 191 g/mol. The number of hydrogen-bond donors (Lipinski definition) is 2. The highest BCUT2D eigenvalue weighted by molar-refractivity contribution is 5.62. The van der Waals surface area contributed by atoms with Gasteiger partial charge < -0.3 is 11.1 Å². The standard InChI is InChI=1S/C11H17N3/c1-7-4-8(12)10(13-6-7)14-9-5-11(9,2)3/h4,6,9H,5,12H2,1-3H3,(H,13,14). The normalized spacial score (nSPS) is 23.2. The molecule has 2 rings (SSSR count). The number of nitrogens with two attached hydrogens (primary N) is 1. The van der Waals surface area contributed by atoms with Crippen LogP contribution in [-0.4, -0.2) is 11.0 Å². The lowest BCUT2D eigenvalue weighted by Gasteiger charge is -2.09. The van der Waals surface area contributed by atoms with Crippen molar-refractivity contribution < 1.29 is 0 Å². The van der Waals surface area contributed by atoms with Crippen molar-refractivity contribution in [2.75, 3.05) is 11.1 Å². The number of hydrogen-bond acceptors (Lipinski definition) is 3. The molecule has 1 aliphatic carbocycles. The van der Waals surface area contributed by atoms with Crippen LogP contribution >= 0.6 is 0 Å². The molecule has 76 valence electrons. The highest BCUT2D eigenvalue weighted by atomic mass is 15.1. The lowest BCUT2D eigenvalue weighted by molar-refractivity contribution is 0.630. The van der Waals surface area contributed by atoms with Gasteiger partial charge in [0.1, 0.15) is 5.82 Å². The number of anilines is 2. The molecule has 1 unspecified atom stereocenters. The number of rotatable bonds is 2. The molecule has 3 heteroatoms. The third-order valence-corrected chi connectivity index (χ3v) is 2.88. The van der Waals surface area contributed by atoms with Crippen LogP contribution in [0.3, 0.4) is 0 Å². The van der Waals surface area contributed by atoms with Crippen LogP contribution < -0.4 is 11.1 Å². The van der Waals surface area contributed by atoms with Crippen LogP contribution in [0.25, 0.3) is 0 Å². The van der Waals surface area contributed by atoms with Gasteiger partial charge in [-0.1, -0.05) is 13.8 Å². The molecule has 3 N–H and O–H groups in total. The Morgan fingerprint density at radius 3 is 2.71 bits per heavy atom. The van der Waals surface area contributed by atoms with Gasteiger partial charge in [0.05, 0.1) is 5.69 Å². The van der Waals surface area contributed by atoms with Gasteiger partial charge in [-0.15, -0.1) is 0 Å².